The Labute approximate surface area is 146 Å². The third-order valence-corrected chi connectivity index (χ3v) is 4.80. The highest BCUT2D eigenvalue weighted by Crippen LogP contribution is 2.34. The van der Waals surface area contributed by atoms with Gasteiger partial charge in [0.25, 0.3) is 0 Å². The van der Waals surface area contributed by atoms with Gasteiger partial charge in [-0.1, -0.05) is 24.3 Å². The third kappa shape index (κ3) is 3.73. The molecule has 6 heteroatoms. The number of carbonyl (C=O) groups is 3. The summed E-state index contributed by atoms with van der Waals surface area (Å²) in [7, 11) is 1.61. The maximum absolute atomic E-state index is 12.3. The van der Waals surface area contributed by atoms with Gasteiger partial charge in [0.2, 0.25) is 17.7 Å². The van der Waals surface area contributed by atoms with Crippen molar-refractivity contribution >= 4 is 17.7 Å². The summed E-state index contributed by atoms with van der Waals surface area (Å²) in [5.74, 6) is -0.528. The van der Waals surface area contributed by atoms with E-state index >= 15 is 0 Å². The van der Waals surface area contributed by atoms with E-state index in [0.29, 0.717) is 25.8 Å². The molecule has 1 N–H and O–H groups in total. The van der Waals surface area contributed by atoms with E-state index in [1.54, 1.807) is 7.11 Å². The van der Waals surface area contributed by atoms with Crippen LogP contribution in [0.1, 0.15) is 18.4 Å². The summed E-state index contributed by atoms with van der Waals surface area (Å²) in [5, 5.41) is 2.78. The lowest BCUT2D eigenvalue weighted by molar-refractivity contribution is -0.143. The number of likely N-dealkylation sites (tertiary alicyclic amines) is 1. The lowest BCUT2D eigenvalue weighted by Crippen LogP contribution is -2.41. The zero-order chi connectivity index (χ0) is 17.8. The van der Waals surface area contributed by atoms with E-state index in [9.17, 15) is 14.4 Å². The fourth-order valence-electron chi connectivity index (χ4n) is 3.36. The quantitative estimate of drug-likeness (QED) is 0.625. The molecule has 1 aromatic rings. The molecule has 1 aliphatic carbocycles. The Morgan fingerprint density at radius 1 is 1.12 bits per heavy atom. The molecule has 0 spiro atoms. The lowest BCUT2D eigenvalue weighted by atomic mass is 9.85. The normalized spacial score (nSPS) is 22.0. The molecule has 2 atom stereocenters. The van der Waals surface area contributed by atoms with Crippen molar-refractivity contribution in [2.24, 2.45) is 11.8 Å². The molecule has 2 aliphatic rings. The van der Waals surface area contributed by atoms with E-state index in [4.69, 9.17) is 4.74 Å². The first-order valence-corrected chi connectivity index (χ1v) is 8.50. The van der Waals surface area contributed by atoms with Gasteiger partial charge in [0.1, 0.15) is 12.3 Å². The second-order valence-corrected chi connectivity index (χ2v) is 6.37. The van der Waals surface area contributed by atoms with Gasteiger partial charge in [0.15, 0.2) is 0 Å². The summed E-state index contributed by atoms with van der Waals surface area (Å²) in [6.07, 6.45) is 5.72. The van der Waals surface area contributed by atoms with Gasteiger partial charge in [-0.2, -0.15) is 0 Å². The van der Waals surface area contributed by atoms with Gasteiger partial charge in [0, 0.05) is 6.54 Å². The number of hydrogen-bond acceptors (Lipinski definition) is 4. The van der Waals surface area contributed by atoms with Crippen molar-refractivity contribution < 1.29 is 19.1 Å². The van der Waals surface area contributed by atoms with Crippen molar-refractivity contribution in [3.63, 3.8) is 0 Å². The molecule has 0 radical (unpaired) electrons. The van der Waals surface area contributed by atoms with Crippen LogP contribution in [0.5, 0.6) is 5.75 Å². The Balaban J connectivity index is 1.47. The molecule has 0 bridgehead atoms. The van der Waals surface area contributed by atoms with Crippen LogP contribution in [0, 0.1) is 11.8 Å². The zero-order valence-corrected chi connectivity index (χ0v) is 14.2. The van der Waals surface area contributed by atoms with Gasteiger partial charge in [-0.15, -0.1) is 0 Å². The standard InChI is InChI=1S/C19H22N2O4/c1-25-14-8-6-13(7-9-14)10-11-20-17(22)12-21-18(23)15-4-2-3-5-16(15)19(21)24/h2-3,6-9,15-16H,4-5,10-12H2,1H3,(H,20,22)/t15-,16-/m1/s1. The number of ether oxygens (including phenoxy) is 1. The van der Waals surface area contributed by atoms with Crippen molar-refractivity contribution in [3.8, 4) is 5.75 Å². The first kappa shape index (κ1) is 17.2. The van der Waals surface area contributed by atoms with Gasteiger partial charge in [0.05, 0.1) is 18.9 Å². The SMILES string of the molecule is COc1ccc(CCNC(=O)CN2C(=O)[C@@H]3CC=CC[C@H]3C2=O)cc1. The molecule has 132 valence electrons. The Hall–Kier alpha value is -2.63. The van der Waals surface area contributed by atoms with Crippen LogP contribution in [0.25, 0.3) is 0 Å². The molecule has 1 saturated heterocycles. The Morgan fingerprint density at radius 3 is 2.28 bits per heavy atom. The number of benzene rings is 1. The molecule has 25 heavy (non-hydrogen) atoms. The highest BCUT2D eigenvalue weighted by Gasteiger charge is 2.47. The fourth-order valence-corrected chi connectivity index (χ4v) is 3.36. The maximum Gasteiger partial charge on any atom is 0.240 e. The molecular formula is C19H22N2O4. The highest BCUT2D eigenvalue weighted by molar-refractivity contribution is 6.07. The second kappa shape index (κ2) is 7.51. The van der Waals surface area contributed by atoms with E-state index in [1.807, 2.05) is 36.4 Å². The Kier molecular flexibility index (Phi) is 5.16. The van der Waals surface area contributed by atoms with Crippen LogP contribution in [0.3, 0.4) is 0 Å². The average Bonchev–Trinajstić information content (AvgIpc) is 2.88. The summed E-state index contributed by atoms with van der Waals surface area (Å²) in [6, 6.07) is 7.62. The minimum atomic E-state index is -0.304. The second-order valence-electron chi connectivity index (χ2n) is 6.37. The van der Waals surface area contributed by atoms with Gasteiger partial charge in [-0.3, -0.25) is 19.3 Å². The molecule has 1 fully saturated rings. The molecule has 1 aromatic carbocycles. The third-order valence-electron chi connectivity index (χ3n) is 4.80. The van der Waals surface area contributed by atoms with Gasteiger partial charge >= 0.3 is 0 Å². The van der Waals surface area contributed by atoms with E-state index in [0.717, 1.165) is 16.2 Å². The first-order valence-electron chi connectivity index (χ1n) is 8.50. The number of rotatable bonds is 6. The molecular weight excluding hydrogens is 320 g/mol. The van der Waals surface area contributed by atoms with E-state index in [-0.39, 0.29) is 36.1 Å². The van der Waals surface area contributed by atoms with Crippen molar-refractivity contribution in [2.75, 3.05) is 20.2 Å². The van der Waals surface area contributed by atoms with Crippen LogP contribution in [0.15, 0.2) is 36.4 Å². The van der Waals surface area contributed by atoms with Crippen LogP contribution in [0.4, 0.5) is 0 Å². The van der Waals surface area contributed by atoms with Crippen molar-refractivity contribution in [2.45, 2.75) is 19.3 Å². The number of nitrogens with one attached hydrogen (secondary N) is 1. The number of amides is 3. The largest absolute Gasteiger partial charge is 0.497 e. The van der Waals surface area contributed by atoms with Gasteiger partial charge in [-0.25, -0.2) is 0 Å². The minimum absolute atomic E-state index is 0.187. The average molecular weight is 342 g/mol. The number of methoxy groups -OCH3 is 1. The van der Waals surface area contributed by atoms with Crippen LogP contribution >= 0.6 is 0 Å². The number of fused-ring (bicyclic) bond motifs is 1. The van der Waals surface area contributed by atoms with Gasteiger partial charge in [-0.05, 0) is 37.0 Å². The topological polar surface area (TPSA) is 75.7 Å². The first-order chi connectivity index (χ1) is 12.1. The monoisotopic (exact) mass is 342 g/mol. The molecule has 1 aliphatic heterocycles. The summed E-state index contributed by atoms with van der Waals surface area (Å²) >= 11 is 0. The van der Waals surface area contributed by atoms with E-state index < -0.39 is 0 Å². The Morgan fingerprint density at radius 2 is 1.72 bits per heavy atom. The molecule has 3 rings (SSSR count). The highest BCUT2D eigenvalue weighted by atomic mass is 16.5. The van der Waals surface area contributed by atoms with E-state index in [1.165, 1.54) is 0 Å². The molecule has 0 unspecified atom stereocenters. The molecule has 6 nitrogen and oxygen atoms in total. The van der Waals surface area contributed by atoms with E-state index in [2.05, 4.69) is 5.32 Å². The minimum Gasteiger partial charge on any atom is -0.497 e. The van der Waals surface area contributed by atoms with Crippen LogP contribution in [-0.2, 0) is 20.8 Å². The summed E-state index contributed by atoms with van der Waals surface area (Å²) in [4.78, 5) is 37.9. The zero-order valence-electron chi connectivity index (χ0n) is 14.2. The molecule has 3 amide bonds. The van der Waals surface area contributed by atoms with Crippen LogP contribution < -0.4 is 10.1 Å². The predicted octanol–water partition coefficient (Wildman–Crippen LogP) is 1.31. The number of nitrogens with zero attached hydrogens (tertiary/aromatic N) is 1. The van der Waals surface area contributed by atoms with Crippen molar-refractivity contribution in [1.29, 1.82) is 0 Å². The number of carbonyl (C=O) groups excluding carboxylic acids is 3. The number of allylic oxidation sites excluding steroid dienone is 2. The summed E-state index contributed by atoms with van der Waals surface area (Å²) in [5.41, 5.74) is 1.08. The van der Waals surface area contributed by atoms with Gasteiger partial charge < -0.3 is 10.1 Å². The molecule has 1 heterocycles. The van der Waals surface area contributed by atoms with Crippen LogP contribution in [-0.4, -0.2) is 42.8 Å². The fraction of sp³-hybridized carbons (Fsp3) is 0.421. The Bertz CT molecular complexity index is 670. The number of hydrogen-bond donors (Lipinski definition) is 1. The predicted molar refractivity (Wildman–Crippen MR) is 91.8 cm³/mol. The number of imide groups is 1. The lowest BCUT2D eigenvalue weighted by Gasteiger charge is -2.14. The van der Waals surface area contributed by atoms with Crippen LogP contribution in [0.2, 0.25) is 0 Å². The maximum atomic E-state index is 12.3. The smallest absolute Gasteiger partial charge is 0.240 e. The summed E-state index contributed by atoms with van der Waals surface area (Å²) < 4.78 is 5.10. The van der Waals surface area contributed by atoms with Crippen molar-refractivity contribution in [1.82, 2.24) is 10.2 Å². The molecule has 0 aromatic heterocycles. The summed E-state index contributed by atoms with van der Waals surface area (Å²) in [6.45, 7) is 0.267. The molecule has 0 saturated carbocycles. The van der Waals surface area contributed by atoms with Crippen molar-refractivity contribution in [3.05, 3.63) is 42.0 Å².